The van der Waals surface area contributed by atoms with E-state index in [1.54, 1.807) is 15.3 Å². The standard InChI is InChI=1S/C19H25NS/c1-20-17(12-7-10-15-8-3-2-4-9-15)19-14-16-11-5-6-13-18(16)21-19/h2-4,8-9,14,17,20H,5-7,10-13H2,1H3. The first-order valence-corrected chi connectivity index (χ1v) is 9.01. The number of hydrogen-bond donors (Lipinski definition) is 1. The summed E-state index contributed by atoms with van der Waals surface area (Å²) in [5.74, 6) is 0. The van der Waals surface area contributed by atoms with Gasteiger partial charge in [0.1, 0.15) is 0 Å². The van der Waals surface area contributed by atoms with Gasteiger partial charge in [-0.25, -0.2) is 0 Å². The number of benzene rings is 1. The Morgan fingerprint density at radius 3 is 2.71 bits per heavy atom. The van der Waals surface area contributed by atoms with Crippen molar-refractivity contribution in [3.8, 4) is 0 Å². The first kappa shape index (κ1) is 14.8. The van der Waals surface area contributed by atoms with Crippen molar-refractivity contribution >= 4 is 11.3 Å². The van der Waals surface area contributed by atoms with Crippen molar-refractivity contribution in [2.24, 2.45) is 0 Å². The van der Waals surface area contributed by atoms with Crippen molar-refractivity contribution < 1.29 is 0 Å². The third-order valence-electron chi connectivity index (χ3n) is 4.51. The van der Waals surface area contributed by atoms with E-state index in [4.69, 9.17) is 0 Å². The molecule has 1 heterocycles. The molecule has 21 heavy (non-hydrogen) atoms. The minimum absolute atomic E-state index is 0.532. The minimum atomic E-state index is 0.532. The van der Waals surface area contributed by atoms with Gasteiger partial charge in [-0.15, -0.1) is 11.3 Å². The van der Waals surface area contributed by atoms with Crippen LogP contribution < -0.4 is 5.32 Å². The topological polar surface area (TPSA) is 12.0 Å². The average molecular weight is 299 g/mol. The van der Waals surface area contributed by atoms with Gasteiger partial charge in [0.05, 0.1) is 0 Å². The van der Waals surface area contributed by atoms with E-state index in [-0.39, 0.29) is 0 Å². The third-order valence-corrected chi connectivity index (χ3v) is 5.86. The zero-order chi connectivity index (χ0) is 14.5. The Labute approximate surface area is 132 Å². The summed E-state index contributed by atoms with van der Waals surface area (Å²) in [5, 5.41) is 3.52. The summed E-state index contributed by atoms with van der Waals surface area (Å²) < 4.78 is 0. The molecule has 0 fully saturated rings. The van der Waals surface area contributed by atoms with Crippen LogP contribution in [0.3, 0.4) is 0 Å². The van der Waals surface area contributed by atoms with Gasteiger partial charge in [0, 0.05) is 15.8 Å². The quantitative estimate of drug-likeness (QED) is 0.799. The normalized spacial score (nSPS) is 15.7. The molecule has 2 aromatic rings. The van der Waals surface area contributed by atoms with Crippen LogP contribution in [-0.2, 0) is 19.3 Å². The van der Waals surface area contributed by atoms with E-state index < -0.39 is 0 Å². The zero-order valence-electron chi connectivity index (χ0n) is 12.9. The Bertz CT molecular complexity index is 535. The van der Waals surface area contributed by atoms with E-state index in [0.717, 1.165) is 0 Å². The van der Waals surface area contributed by atoms with Crippen molar-refractivity contribution in [1.29, 1.82) is 0 Å². The van der Waals surface area contributed by atoms with Gasteiger partial charge in [-0.1, -0.05) is 30.3 Å². The van der Waals surface area contributed by atoms with Crippen molar-refractivity contribution in [3.63, 3.8) is 0 Å². The first-order valence-electron chi connectivity index (χ1n) is 8.19. The summed E-state index contributed by atoms with van der Waals surface area (Å²) in [6, 6.07) is 13.8. The minimum Gasteiger partial charge on any atom is -0.312 e. The summed E-state index contributed by atoms with van der Waals surface area (Å²) >= 11 is 2.05. The fourth-order valence-electron chi connectivity index (χ4n) is 3.27. The summed E-state index contributed by atoms with van der Waals surface area (Å²) in [7, 11) is 2.10. The van der Waals surface area contributed by atoms with Crippen LogP contribution in [0.5, 0.6) is 0 Å². The molecule has 1 nitrogen and oxygen atoms in total. The summed E-state index contributed by atoms with van der Waals surface area (Å²) in [5.41, 5.74) is 3.09. The molecule has 1 aliphatic carbocycles. The maximum Gasteiger partial charge on any atom is 0.0412 e. The highest BCUT2D eigenvalue weighted by molar-refractivity contribution is 7.12. The highest BCUT2D eigenvalue weighted by Crippen LogP contribution is 2.34. The molecule has 0 amide bonds. The lowest BCUT2D eigenvalue weighted by Crippen LogP contribution is -2.15. The zero-order valence-corrected chi connectivity index (χ0v) is 13.7. The monoisotopic (exact) mass is 299 g/mol. The maximum atomic E-state index is 3.52. The Balaban J connectivity index is 1.58. The predicted molar refractivity (Wildman–Crippen MR) is 92.1 cm³/mol. The van der Waals surface area contributed by atoms with E-state index in [1.165, 1.54) is 50.5 Å². The summed E-state index contributed by atoms with van der Waals surface area (Å²) in [6.45, 7) is 0. The van der Waals surface area contributed by atoms with Crippen molar-refractivity contribution in [1.82, 2.24) is 5.32 Å². The van der Waals surface area contributed by atoms with Gasteiger partial charge in [-0.2, -0.15) is 0 Å². The Morgan fingerprint density at radius 1 is 1.14 bits per heavy atom. The van der Waals surface area contributed by atoms with E-state index in [0.29, 0.717) is 6.04 Å². The fourth-order valence-corrected chi connectivity index (χ4v) is 4.67. The molecule has 1 aromatic heterocycles. The Hall–Kier alpha value is -1.12. The number of nitrogens with one attached hydrogen (secondary N) is 1. The van der Waals surface area contributed by atoms with Crippen LogP contribution in [0.2, 0.25) is 0 Å². The van der Waals surface area contributed by atoms with E-state index >= 15 is 0 Å². The molecule has 0 bridgehead atoms. The van der Waals surface area contributed by atoms with Crippen LogP contribution in [0.15, 0.2) is 36.4 Å². The average Bonchev–Trinajstić information content (AvgIpc) is 2.96. The lowest BCUT2D eigenvalue weighted by atomic mass is 9.98. The van der Waals surface area contributed by atoms with Crippen LogP contribution in [0, 0.1) is 0 Å². The number of fused-ring (bicyclic) bond motifs is 1. The van der Waals surface area contributed by atoms with Gasteiger partial charge >= 0.3 is 0 Å². The molecule has 2 heteroatoms. The van der Waals surface area contributed by atoms with Gasteiger partial charge < -0.3 is 5.32 Å². The summed E-state index contributed by atoms with van der Waals surface area (Å²) in [4.78, 5) is 3.21. The second kappa shape index (κ2) is 7.24. The lowest BCUT2D eigenvalue weighted by Gasteiger charge is -2.14. The first-order chi connectivity index (χ1) is 10.4. The van der Waals surface area contributed by atoms with Gasteiger partial charge in [-0.05, 0) is 69.2 Å². The molecule has 1 N–H and O–H groups in total. The molecule has 0 saturated heterocycles. The van der Waals surface area contributed by atoms with Crippen molar-refractivity contribution in [2.75, 3.05) is 7.05 Å². The molecule has 0 spiro atoms. The smallest absolute Gasteiger partial charge is 0.0412 e. The highest BCUT2D eigenvalue weighted by Gasteiger charge is 2.17. The molecule has 3 rings (SSSR count). The lowest BCUT2D eigenvalue weighted by molar-refractivity contribution is 0.534. The Kier molecular flexibility index (Phi) is 5.10. The maximum absolute atomic E-state index is 3.52. The van der Waals surface area contributed by atoms with Gasteiger partial charge in [0.15, 0.2) is 0 Å². The summed E-state index contributed by atoms with van der Waals surface area (Å²) in [6.07, 6.45) is 9.02. The van der Waals surface area contributed by atoms with Crippen LogP contribution in [0.4, 0.5) is 0 Å². The Morgan fingerprint density at radius 2 is 1.95 bits per heavy atom. The fraction of sp³-hybridized carbons (Fsp3) is 0.474. The van der Waals surface area contributed by atoms with Crippen molar-refractivity contribution in [3.05, 3.63) is 57.3 Å². The molecule has 1 atom stereocenters. The molecule has 1 aromatic carbocycles. The van der Waals surface area contributed by atoms with E-state index in [9.17, 15) is 0 Å². The van der Waals surface area contributed by atoms with Crippen LogP contribution >= 0.6 is 11.3 Å². The number of thiophene rings is 1. The van der Waals surface area contributed by atoms with E-state index in [1.807, 2.05) is 0 Å². The highest BCUT2D eigenvalue weighted by atomic mass is 32.1. The predicted octanol–water partition coefficient (Wildman–Crippen LogP) is 4.91. The largest absolute Gasteiger partial charge is 0.312 e. The molecule has 0 radical (unpaired) electrons. The van der Waals surface area contributed by atoms with Crippen molar-refractivity contribution in [2.45, 2.75) is 51.0 Å². The third kappa shape index (κ3) is 3.75. The molecule has 0 saturated carbocycles. The molecule has 112 valence electrons. The van der Waals surface area contributed by atoms with Gasteiger partial charge in [0.25, 0.3) is 0 Å². The molecular weight excluding hydrogens is 274 g/mol. The van der Waals surface area contributed by atoms with E-state index in [2.05, 4.69) is 60.1 Å². The second-order valence-corrected chi connectivity index (χ2v) is 7.19. The van der Waals surface area contributed by atoms with Gasteiger partial charge in [-0.3, -0.25) is 0 Å². The molecular formula is C19H25NS. The SMILES string of the molecule is CNC(CCCc1ccccc1)c1cc2c(s1)CCCC2. The van der Waals surface area contributed by atoms with Crippen LogP contribution in [0.25, 0.3) is 0 Å². The van der Waals surface area contributed by atoms with Crippen LogP contribution in [0.1, 0.15) is 52.6 Å². The number of rotatable bonds is 6. The molecule has 1 aliphatic rings. The molecule has 1 unspecified atom stereocenters. The number of hydrogen-bond acceptors (Lipinski definition) is 2. The van der Waals surface area contributed by atoms with Crippen LogP contribution in [-0.4, -0.2) is 7.05 Å². The second-order valence-electron chi connectivity index (χ2n) is 6.02. The van der Waals surface area contributed by atoms with Gasteiger partial charge in [0.2, 0.25) is 0 Å². The molecule has 0 aliphatic heterocycles. The number of aryl methyl sites for hydroxylation is 3.